The number of benzene rings is 1. The molecule has 0 aliphatic rings. The summed E-state index contributed by atoms with van der Waals surface area (Å²) < 4.78 is 5.51. The minimum atomic E-state index is -0.0312. The summed E-state index contributed by atoms with van der Waals surface area (Å²) in [6.07, 6.45) is 0. The molecule has 1 aromatic rings. The highest BCUT2D eigenvalue weighted by Crippen LogP contribution is 2.11. The van der Waals surface area contributed by atoms with Crippen LogP contribution in [0.3, 0.4) is 0 Å². The summed E-state index contributed by atoms with van der Waals surface area (Å²) in [5.41, 5.74) is 11.7. The standard InChI is InChI=1S/C11H17N3O/c1-8-3-5-10(6-4-8)15-7-9(2)14-11(12)13/h3-6,9H,7H2,1-2H3,(H4,12,13,14). The molecular formula is C11H17N3O. The van der Waals surface area contributed by atoms with Crippen molar-refractivity contribution in [3.05, 3.63) is 29.8 Å². The second-order valence-electron chi connectivity index (χ2n) is 3.53. The fraction of sp³-hybridized carbons (Fsp3) is 0.364. The van der Waals surface area contributed by atoms with Crippen molar-refractivity contribution in [2.45, 2.75) is 19.9 Å². The molecular weight excluding hydrogens is 190 g/mol. The molecule has 0 aliphatic heterocycles. The van der Waals surface area contributed by atoms with Gasteiger partial charge in [0.2, 0.25) is 0 Å². The van der Waals surface area contributed by atoms with Gasteiger partial charge in [-0.2, -0.15) is 0 Å². The summed E-state index contributed by atoms with van der Waals surface area (Å²) in [4.78, 5) is 3.96. The van der Waals surface area contributed by atoms with E-state index >= 15 is 0 Å². The number of aryl methyl sites for hydroxylation is 1. The van der Waals surface area contributed by atoms with E-state index in [0.717, 1.165) is 5.75 Å². The minimum absolute atomic E-state index is 0.0312. The normalized spacial score (nSPS) is 11.9. The Bertz CT molecular complexity index is 328. The van der Waals surface area contributed by atoms with Crippen LogP contribution in [0.2, 0.25) is 0 Å². The molecule has 1 rings (SSSR count). The summed E-state index contributed by atoms with van der Waals surface area (Å²) >= 11 is 0. The lowest BCUT2D eigenvalue weighted by Crippen LogP contribution is -2.26. The van der Waals surface area contributed by atoms with Crippen molar-refractivity contribution in [1.29, 1.82) is 0 Å². The average molecular weight is 207 g/mol. The van der Waals surface area contributed by atoms with Crippen LogP contribution in [0.25, 0.3) is 0 Å². The van der Waals surface area contributed by atoms with Crippen molar-refractivity contribution < 1.29 is 4.74 Å². The summed E-state index contributed by atoms with van der Waals surface area (Å²) in [7, 11) is 0. The maximum atomic E-state index is 5.51. The molecule has 4 nitrogen and oxygen atoms in total. The first-order valence-electron chi connectivity index (χ1n) is 4.86. The van der Waals surface area contributed by atoms with E-state index in [1.165, 1.54) is 5.56 Å². The molecule has 0 radical (unpaired) electrons. The number of nitrogens with two attached hydrogens (primary N) is 2. The monoisotopic (exact) mass is 207 g/mol. The Morgan fingerprint density at radius 3 is 2.47 bits per heavy atom. The maximum Gasteiger partial charge on any atom is 0.186 e. The van der Waals surface area contributed by atoms with Gasteiger partial charge in [0.05, 0.1) is 6.04 Å². The second kappa shape index (κ2) is 5.24. The Hall–Kier alpha value is -1.71. The van der Waals surface area contributed by atoms with Crippen molar-refractivity contribution in [3.63, 3.8) is 0 Å². The molecule has 0 amide bonds. The molecule has 0 aromatic heterocycles. The van der Waals surface area contributed by atoms with E-state index in [4.69, 9.17) is 16.2 Å². The van der Waals surface area contributed by atoms with Gasteiger partial charge in [0.25, 0.3) is 0 Å². The summed E-state index contributed by atoms with van der Waals surface area (Å²) in [6.45, 7) is 4.40. The van der Waals surface area contributed by atoms with Crippen LogP contribution in [-0.4, -0.2) is 18.6 Å². The highest BCUT2D eigenvalue weighted by molar-refractivity contribution is 5.75. The van der Waals surface area contributed by atoms with E-state index in [1.54, 1.807) is 0 Å². The molecule has 4 heteroatoms. The molecule has 4 N–H and O–H groups in total. The van der Waals surface area contributed by atoms with Crippen molar-refractivity contribution >= 4 is 5.96 Å². The number of ether oxygens (including phenoxy) is 1. The van der Waals surface area contributed by atoms with Crippen molar-refractivity contribution in [1.82, 2.24) is 0 Å². The van der Waals surface area contributed by atoms with Gasteiger partial charge in [-0.25, -0.2) is 4.99 Å². The van der Waals surface area contributed by atoms with Crippen LogP contribution in [0.15, 0.2) is 29.3 Å². The predicted octanol–water partition coefficient (Wildman–Crippen LogP) is 1.04. The van der Waals surface area contributed by atoms with Gasteiger partial charge in [-0.3, -0.25) is 0 Å². The van der Waals surface area contributed by atoms with Crippen molar-refractivity contribution in [2.24, 2.45) is 16.5 Å². The molecule has 82 valence electrons. The van der Waals surface area contributed by atoms with Gasteiger partial charge in [0.1, 0.15) is 12.4 Å². The Labute approximate surface area is 89.9 Å². The quantitative estimate of drug-likeness (QED) is 0.572. The number of nitrogens with zero attached hydrogens (tertiary/aromatic N) is 1. The van der Waals surface area contributed by atoms with Crippen LogP contribution < -0.4 is 16.2 Å². The first-order chi connectivity index (χ1) is 7.08. The highest BCUT2D eigenvalue weighted by atomic mass is 16.5. The van der Waals surface area contributed by atoms with E-state index < -0.39 is 0 Å². The first-order valence-corrected chi connectivity index (χ1v) is 4.86. The van der Waals surface area contributed by atoms with E-state index in [9.17, 15) is 0 Å². The fourth-order valence-electron chi connectivity index (χ4n) is 1.14. The largest absolute Gasteiger partial charge is 0.491 e. The number of hydrogen-bond donors (Lipinski definition) is 2. The number of rotatable bonds is 4. The van der Waals surface area contributed by atoms with Gasteiger partial charge >= 0.3 is 0 Å². The van der Waals surface area contributed by atoms with Crippen molar-refractivity contribution in [3.8, 4) is 5.75 Å². The molecule has 0 spiro atoms. The highest BCUT2D eigenvalue weighted by Gasteiger charge is 2.00. The van der Waals surface area contributed by atoms with Gasteiger partial charge in [-0.15, -0.1) is 0 Å². The van der Waals surface area contributed by atoms with Gasteiger partial charge in [0.15, 0.2) is 5.96 Å². The minimum Gasteiger partial charge on any atom is -0.491 e. The zero-order valence-corrected chi connectivity index (χ0v) is 9.10. The predicted molar refractivity (Wildman–Crippen MR) is 61.9 cm³/mol. The van der Waals surface area contributed by atoms with Gasteiger partial charge in [-0.05, 0) is 26.0 Å². The molecule has 0 saturated carbocycles. The lowest BCUT2D eigenvalue weighted by atomic mass is 10.2. The molecule has 1 unspecified atom stereocenters. The summed E-state index contributed by atoms with van der Waals surface area (Å²) in [6, 6.07) is 7.83. The third-order valence-corrected chi connectivity index (χ3v) is 1.88. The van der Waals surface area contributed by atoms with Crippen LogP contribution in [0.5, 0.6) is 5.75 Å². The van der Waals surface area contributed by atoms with Crippen LogP contribution in [0, 0.1) is 6.92 Å². The lowest BCUT2D eigenvalue weighted by molar-refractivity contribution is 0.297. The third kappa shape index (κ3) is 4.35. The molecule has 15 heavy (non-hydrogen) atoms. The zero-order valence-electron chi connectivity index (χ0n) is 9.10. The smallest absolute Gasteiger partial charge is 0.186 e. The molecule has 1 aromatic carbocycles. The summed E-state index contributed by atoms with van der Waals surface area (Å²) in [5.74, 6) is 0.924. The van der Waals surface area contributed by atoms with Crippen LogP contribution in [-0.2, 0) is 0 Å². The molecule has 0 fully saturated rings. The van der Waals surface area contributed by atoms with E-state index in [2.05, 4.69) is 4.99 Å². The molecule has 0 saturated heterocycles. The van der Waals surface area contributed by atoms with Gasteiger partial charge in [-0.1, -0.05) is 17.7 Å². The van der Waals surface area contributed by atoms with Crippen LogP contribution in [0.4, 0.5) is 0 Å². The number of hydrogen-bond acceptors (Lipinski definition) is 2. The first kappa shape index (κ1) is 11.4. The maximum absolute atomic E-state index is 5.51. The lowest BCUT2D eigenvalue weighted by Gasteiger charge is -2.09. The molecule has 0 aliphatic carbocycles. The van der Waals surface area contributed by atoms with Crippen LogP contribution in [0.1, 0.15) is 12.5 Å². The Kier molecular flexibility index (Phi) is 3.97. The second-order valence-corrected chi connectivity index (χ2v) is 3.53. The Morgan fingerprint density at radius 1 is 1.33 bits per heavy atom. The fourth-order valence-corrected chi connectivity index (χ4v) is 1.14. The van der Waals surface area contributed by atoms with Gasteiger partial charge < -0.3 is 16.2 Å². The summed E-state index contributed by atoms with van der Waals surface area (Å²) in [5, 5.41) is 0. The van der Waals surface area contributed by atoms with E-state index in [0.29, 0.717) is 6.61 Å². The van der Waals surface area contributed by atoms with E-state index in [1.807, 2.05) is 38.1 Å². The number of guanidine groups is 1. The molecule has 0 heterocycles. The average Bonchev–Trinajstić information content (AvgIpc) is 2.16. The van der Waals surface area contributed by atoms with Gasteiger partial charge in [0, 0.05) is 0 Å². The van der Waals surface area contributed by atoms with Crippen molar-refractivity contribution in [2.75, 3.05) is 6.61 Å². The Balaban J connectivity index is 2.43. The SMILES string of the molecule is Cc1ccc(OCC(C)N=C(N)N)cc1. The topological polar surface area (TPSA) is 73.6 Å². The van der Waals surface area contributed by atoms with Crippen LogP contribution >= 0.6 is 0 Å². The molecule has 1 atom stereocenters. The molecule has 0 bridgehead atoms. The zero-order chi connectivity index (χ0) is 11.3. The van der Waals surface area contributed by atoms with E-state index in [-0.39, 0.29) is 12.0 Å². The Morgan fingerprint density at radius 2 is 1.93 bits per heavy atom. The number of aliphatic imine (C=N–C) groups is 1. The third-order valence-electron chi connectivity index (χ3n) is 1.88.